The average Bonchev–Trinajstić information content (AvgIpc) is 2.78. The lowest BCUT2D eigenvalue weighted by Crippen LogP contribution is -2.35. The average molecular weight is 270 g/mol. The Hall–Kier alpha value is -2.14. The number of aryl methyl sites for hydroxylation is 1. The Kier molecular flexibility index (Phi) is 3.28. The summed E-state index contributed by atoms with van der Waals surface area (Å²) in [5.74, 6) is 0.436. The Morgan fingerprint density at radius 2 is 2.15 bits per heavy atom. The molecule has 1 aromatic heterocycles. The summed E-state index contributed by atoms with van der Waals surface area (Å²) in [6.07, 6.45) is 0. The maximum absolute atomic E-state index is 12.5. The molecule has 1 amide bonds. The van der Waals surface area contributed by atoms with E-state index >= 15 is 0 Å². The molecule has 1 unspecified atom stereocenters. The number of hydrogen-bond acceptors (Lipinski definition) is 3. The monoisotopic (exact) mass is 270 g/mol. The summed E-state index contributed by atoms with van der Waals surface area (Å²) in [6.45, 7) is 5.36. The van der Waals surface area contributed by atoms with Crippen LogP contribution >= 0.6 is 0 Å². The van der Waals surface area contributed by atoms with Gasteiger partial charge in [0.15, 0.2) is 5.82 Å². The van der Waals surface area contributed by atoms with Gasteiger partial charge in [0, 0.05) is 24.3 Å². The topological polar surface area (TPSA) is 69.8 Å². The smallest absolute Gasteiger partial charge is 0.234 e. The van der Waals surface area contributed by atoms with Gasteiger partial charge in [-0.3, -0.25) is 9.89 Å². The molecule has 2 aromatic rings. The first-order chi connectivity index (χ1) is 9.66. The Morgan fingerprint density at radius 1 is 1.35 bits per heavy atom. The van der Waals surface area contributed by atoms with Crippen molar-refractivity contribution in [2.24, 2.45) is 0 Å². The highest BCUT2D eigenvalue weighted by Gasteiger charge is 2.26. The van der Waals surface area contributed by atoms with E-state index in [9.17, 15) is 4.79 Å². The summed E-state index contributed by atoms with van der Waals surface area (Å²) in [4.78, 5) is 12.5. The molecule has 5 nitrogen and oxygen atoms in total. The van der Waals surface area contributed by atoms with Crippen molar-refractivity contribution >= 4 is 11.7 Å². The predicted molar refractivity (Wildman–Crippen MR) is 77.6 cm³/mol. The predicted octanol–water partition coefficient (Wildman–Crippen LogP) is 1.85. The number of aromatic nitrogens is 2. The normalized spacial score (nSPS) is 17.6. The molecule has 0 spiro atoms. The summed E-state index contributed by atoms with van der Waals surface area (Å²) >= 11 is 0. The van der Waals surface area contributed by atoms with Gasteiger partial charge in [-0.2, -0.15) is 5.10 Å². The van der Waals surface area contributed by atoms with Crippen LogP contribution in [0.1, 0.15) is 28.3 Å². The third-order valence-corrected chi connectivity index (χ3v) is 3.91. The Labute approximate surface area is 117 Å². The Morgan fingerprint density at radius 3 is 2.90 bits per heavy atom. The molecule has 1 aliphatic heterocycles. The molecular formula is C15H18N4O. The summed E-state index contributed by atoms with van der Waals surface area (Å²) in [5.41, 5.74) is 4.25. The molecule has 104 valence electrons. The van der Waals surface area contributed by atoms with Crippen LogP contribution in [0.15, 0.2) is 24.3 Å². The highest BCUT2D eigenvalue weighted by atomic mass is 16.2. The van der Waals surface area contributed by atoms with E-state index in [0.717, 1.165) is 23.4 Å². The SMILES string of the molecule is Cc1[nH]nc(NC(=O)C2CNCc3ccccc32)c1C. The standard InChI is InChI=1S/C15H18N4O/c1-9-10(2)18-19-14(9)17-15(20)13-8-16-7-11-5-3-4-6-12(11)13/h3-6,13,16H,7-8H2,1-2H3,(H2,17,18,19,20). The van der Waals surface area contributed by atoms with E-state index in [-0.39, 0.29) is 11.8 Å². The second kappa shape index (κ2) is 5.09. The quantitative estimate of drug-likeness (QED) is 0.780. The van der Waals surface area contributed by atoms with Crippen LogP contribution in [-0.4, -0.2) is 22.6 Å². The van der Waals surface area contributed by atoms with E-state index < -0.39 is 0 Å². The number of benzene rings is 1. The molecule has 0 aliphatic carbocycles. The summed E-state index contributed by atoms with van der Waals surface area (Å²) in [6, 6.07) is 8.07. The van der Waals surface area contributed by atoms with Crippen molar-refractivity contribution in [3.05, 3.63) is 46.6 Å². The van der Waals surface area contributed by atoms with Crippen LogP contribution in [0, 0.1) is 13.8 Å². The number of nitrogens with zero attached hydrogens (tertiary/aromatic N) is 1. The summed E-state index contributed by atoms with van der Waals surface area (Å²) < 4.78 is 0. The van der Waals surface area contributed by atoms with Crippen LogP contribution in [0.25, 0.3) is 0 Å². The fourth-order valence-corrected chi connectivity index (χ4v) is 2.54. The first-order valence-electron chi connectivity index (χ1n) is 6.77. The van der Waals surface area contributed by atoms with Crippen molar-refractivity contribution in [2.45, 2.75) is 26.3 Å². The summed E-state index contributed by atoms with van der Waals surface area (Å²) in [5, 5.41) is 13.2. The van der Waals surface area contributed by atoms with Crippen molar-refractivity contribution in [3.8, 4) is 0 Å². The van der Waals surface area contributed by atoms with Crippen molar-refractivity contribution < 1.29 is 4.79 Å². The fourth-order valence-electron chi connectivity index (χ4n) is 2.54. The van der Waals surface area contributed by atoms with Crippen LogP contribution in [0.4, 0.5) is 5.82 Å². The van der Waals surface area contributed by atoms with Gasteiger partial charge in [0.05, 0.1) is 5.92 Å². The number of aromatic amines is 1. The van der Waals surface area contributed by atoms with Gasteiger partial charge in [0.1, 0.15) is 0 Å². The van der Waals surface area contributed by atoms with E-state index in [2.05, 4.69) is 26.9 Å². The molecule has 3 rings (SSSR count). The lowest BCUT2D eigenvalue weighted by Gasteiger charge is -2.25. The van der Waals surface area contributed by atoms with Crippen LogP contribution in [0.5, 0.6) is 0 Å². The van der Waals surface area contributed by atoms with E-state index in [1.165, 1.54) is 5.56 Å². The van der Waals surface area contributed by atoms with Crippen LogP contribution in [-0.2, 0) is 11.3 Å². The van der Waals surface area contributed by atoms with E-state index in [4.69, 9.17) is 0 Å². The number of amides is 1. The molecule has 0 radical (unpaired) electrons. The minimum Gasteiger partial charge on any atom is -0.312 e. The highest BCUT2D eigenvalue weighted by molar-refractivity contribution is 5.96. The lowest BCUT2D eigenvalue weighted by atomic mass is 9.90. The van der Waals surface area contributed by atoms with E-state index in [1.54, 1.807) is 0 Å². The zero-order chi connectivity index (χ0) is 14.1. The lowest BCUT2D eigenvalue weighted by molar-refractivity contribution is -0.117. The highest BCUT2D eigenvalue weighted by Crippen LogP contribution is 2.25. The number of hydrogen-bond donors (Lipinski definition) is 3. The number of carbonyl (C=O) groups is 1. The molecule has 3 N–H and O–H groups in total. The van der Waals surface area contributed by atoms with Gasteiger partial charge in [-0.15, -0.1) is 0 Å². The first-order valence-corrected chi connectivity index (χ1v) is 6.77. The number of rotatable bonds is 2. The Bertz CT molecular complexity index is 647. The number of H-pyrrole nitrogens is 1. The molecule has 5 heteroatoms. The molecular weight excluding hydrogens is 252 g/mol. The molecule has 0 saturated heterocycles. The minimum atomic E-state index is -0.170. The second-order valence-corrected chi connectivity index (χ2v) is 5.19. The number of fused-ring (bicyclic) bond motifs is 1. The third-order valence-electron chi connectivity index (χ3n) is 3.91. The van der Waals surface area contributed by atoms with Crippen molar-refractivity contribution in [1.82, 2.24) is 15.5 Å². The van der Waals surface area contributed by atoms with Gasteiger partial charge in [0.25, 0.3) is 0 Å². The Balaban J connectivity index is 1.84. The van der Waals surface area contributed by atoms with Gasteiger partial charge in [-0.1, -0.05) is 24.3 Å². The number of nitrogens with one attached hydrogen (secondary N) is 3. The molecule has 0 saturated carbocycles. The van der Waals surface area contributed by atoms with Crippen LogP contribution < -0.4 is 10.6 Å². The molecule has 0 fully saturated rings. The van der Waals surface area contributed by atoms with Crippen molar-refractivity contribution in [3.63, 3.8) is 0 Å². The molecule has 2 heterocycles. The molecule has 1 atom stereocenters. The summed E-state index contributed by atoms with van der Waals surface area (Å²) in [7, 11) is 0. The van der Waals surface area contributed by atoms with E-state index in [0.29, 0.717) is 12.4 Å². The van der Waals surface area contributed by atoms with Crippen LogP contribution in [0.3, 0.4) is 0 Å². The molecule has 20 heavy (non-hydrogen) atoms. The molecule has 1 aliphatic rings. The maximum Gasteiger partial charge on any atom is 0.234 e. The minimum absolute atomic E-state index is 0.0146. The maximum atomic E-state index is 12.5. The zero-order valence-corrected chi connectivity index (χ0v) is 11.7. The number of carbonyl (C=O) groups excluding carboxylic acids is 1. The fraction of sp³-hybridized carbons (Fsp3) is 0.333. The molecule has 0 bridgehead atoms. The number of anilines is 1. The second-order valence-electron chi connectivity index (χ2n) is 5.19. The zero-order valence-electron chi connectivity index (χ0n) is 11.7. The van der Waals surface area contributed by atoms with E-state index in [1.807, 2.05) is 32.0 Å². The van der Waals surface area contributed by atoms with Gasteiger partial charge in [-0.05, 0) is 25.0 Å². The molecule has 1 aromatic carbocycles. The van der Waals surface area contributed by atoms with Crippen LogP contribution in [0.2, 0.25) is 0 Å². The van der Waals surface area contributed by atoms with Crippen molar-refractivity contribution in [2.75, 3.05) is 11.9 Å². The van der Waals surface area contributed by atoms with Gasteiger partial charge >= 0.3 is 0 Å². The third kappa shape index (κ3) is 2.20. The largest absolute Gasteiger partial charge is 0.312 e. The van der Waals surface area contributed by atoms with Gasteiger partial charge < -0.3 is 10.6 Å². The van der Waals surface area contributed by atoms with Gasteiger partial charge in [0.2, 0.25) is 5.91 Å². The van der Waals surface area contributed by atoms with Crippen molar-refractivity contribution in [1.29, 1.82) is 0 Å². The first kappa shape index (κ1) is 12.9. The van der Waals surface area contributed by atoms with Gasteiger partial charge in [-0.25, -0.2) is 0 Å².